The number of amides is 2. The first-order valence-electron chi connectivity index (χ1n) is 12.6. The van der Waals surface area contributed by atoms with Crippen LogP contribution in [-0.4, -0.2) is 40.8 Å². The second kappa shape index (κ2) is 8.85. The Labute approximate surface area is 226 Å². The molecule has 4 aliphatic rings. The quantitative estimate of drug-likeness (QED) is 0.433. The maximum Gasteiger partial charge on any atom is 0.267 e. The average molecular weight is 548 g/mol. The molecular formula is C28H32Cl2FN3O3. The van der Waals surface area contributed by atoms with Crippen molar-refractivity contribution >= 4 is 40.7 Å². The predicted octanol–water partition coefficient (Wildman–Crippen LogP) is 4.87. The number of rotatable bonds is 4. The molecule has 0 aromatic heterocycles. The molecule has 1 spiro atoms. The Bertz CT molecular complexity index is 1260. The predicted molar refractivity (Wildman–Crippen MR) is 143 cm³/mol. The van der Waals surface area contributed by atoms with Crippen LogP contribution in [0.1, 0.15) is 52.5 Å². The van der Waals surface area contributed by atoms with Crippen LogP contribution in [0.3, 0.4) is 0 Å². The number of fused-ring (bicyclic) bond motifs is 2. The third-order valence-corrected chi connectivity index (χ3v) is 8.35. The summed E-state index contributed by atoms with van der Waals surface area (Å²) in [5, 5.41) is 19.9. The molecule has 1 aromatic rings. The molecule has 9 heteroatoms. The second-order valence-electron chi connectivity index (χ2n) is 12.1. The molecule has 0 radical (unpaired) electrons. The van der Waals surface area contributed by atoms with E-state index in [1.54, 1.807) is 37.3 Å². The summed E-state index contributed by atoms with van der Waals surface area (Å²) in [6.45, 7) is 7.90. The lowest BCUT2D eigenvalue weighted by molar-refractivity contribution is -0.122. The summed E-state index contributed by atoms with van der Waals surface area (Å²) in [4.78, 5) is 27.8. The van der Waals surface area contributed by atoms with Crippen molar-refractivity contribution in [1.29, 1.82) is 0 Å². The Balaban J connectivity index is 1.70. The number of hydrogen-bond donors (Lipinski definition) is 4. The SMILES string of the molecule is CC(C)(C)C[C@H]1NC(C(=O)NC2CC(C)(O)C2)=C(C2C=CC=C(Cl)C2F)[C@@]12C(=O)Nc1cc(Cl)ccc12. The zero-order valence-electron chi connectivity index (χ0n) is 21.3. The van der Waals surface area contributed by atoms with Gasteiger partial charge in [-0.15, -0.1) is 0 Å². The van der Waals surface area contributed by atoms with Crippen LogP contribution in [0.15, 0.2) is 52.7 Å². The molecule has 0 bridgehead atoms. The van der Waals surface area contributed by atoms with Gasteiger partial charge in [0.2, 0.25) is 5.91 Å². The average Bonchev–Trinajstić information content (AvgIpc) is 3.23. The molecular weight excluding hydrogens is 516 g/mol. The highest BCUT2D eigenvalue weighted by Crippen LogP contribution is 2.56. The van der Waals surface area contributed by atoms with Gasteiger partial charge in [0.05, 0.1) is 10.6 Å². The number of carbonyl (C=O) groups excluding carboxylic acids is 2. The molecule has 0 saturated heterocycles. The summed E-state index contributed by atoms with van der Waals surface area (Å²) < 4.78 is 15.8. The molecule has 2 unspecified atom stereocenters. The molecule has 2 amide bonds. The summed E-state index contributed by atoms with van der Waals surface area (Å²) >= 11 is 12.5. The summed E-state index contributed by atoms with van der Waals surface area (Å²) in [5.74, 6) is -1.69. The minimum atomic E-state index is -1.62. The zero-order chi connectivity index (χ0) is 26.9. The first-order chi connectivity index (χ1) is 17.2. The summed E-state index contributed by atoms with van der Waals surface area (Å²) in [6.07, 6.45) is 4.56. The van der Waals surface area contributed by atoms with E-state index in [0.29, 0.717) is 41.1 Å². The Morgan fingerprint density at radius 2 is 1.97 bits per heavy atom. The van der Waals surface area contributed by atoms with E-state index in [1.807, 2.05) is 0 Å². The van der Waals surface area contributed by atoms with Crippen LogP contribution >= 0.6 is 23.2 Å². The highest BCUT2D eigenvalue weighted by atomic mass is 35.5. The molecule has 1 fully saturated rings. The van der Waals surface area contributed by atoms with Gasteiger partial charge >= 0.3 is 0 Å². The van der Waals surface area contributed by atoms with Gasteiger partial charge in [-0.2, -0.15) is 0 Å². The van der Waals surface area contributed by atoms with E-state index in [1.165, 1.54) is 6.08 Å². The number of aliphatic hydroxyl groups is 1. The van der Waals surface area contributed by atoms with Crippen molar-refractivity contribution in [3.05, 3.63) is 63.3 Å². The summed E-state index contributed by atoms with van der Waals surface area (Å²) in [6, 6.07) is 4.43. The van der Waals surface area contributed by atoms with Crippen LogP contribution in [0.25, 0.3) is 0 Å². The van der Waals surface area contributed by atoms with E-state index in [-0.39, 0.29) is 28.1 Å². The number of anilines is 1. The number of nitrogens with one attached hydrogen (secondary N) is 3. The highest BCUT2D eigenvalue weighted by Gasteiger charge is 2.63. The first-order valence-corrected chi connectivity index (χ1v) is 13.3. The largest absolute Gasteiger partial charge is 0.390 e. The fourth-order valence-electron chi connectivity index (χ4n) is 6.33. The van der Waals surface area contributed by atoms with Gasteiger partial charge in [-0.3, -0.25) is 9.59 Å². The monoisotopic (exact) mass is 547 g/mol. The third kappa shape index (κ3) is 4.39. The van der Waals surface area contributed by atoms with E-state index >= 15 is 4.39 Å². The fraction of sp³-hybridized carbons (Fsp3) is 0.500. The Morgan fingerprint density at radius 3 is 2.62 bits per heavy atom. The lowest BCUT2D eigenvalue weighted by Gasteiger charge is -2.41. The van der Waals surface area contributed by atoms with Crippen molar-refractivity contribution < 1.29 is 19.1 Å². The molecule has 198 valence electrons. The molecule has 1 saturated carbocycles. The van der Waals surface area contributed by atoms with Gasteiger partial charge in [-0.25, -0.2) is 4.39 Å². The lowest BCUT2D eigenvalue weighted by atomic mass is 9.63. The molecule has 5 rings (SSSR count). The van der Waals surface area contributed by atoms with E-state index < -0.39 is 35.1 Å². The van der Waals surface area contributed by atoms with Gasteiger partial charge in [0.15, 0.2) is 0 Å². The number of hydrogen-bond acceptors (Lipinski definition) is 4. The van der Waals surface area contributed by atoms with Crippen LogP contribution in [0.5, 0.6) is 0 Å². The van der Waals surface area contributed by atoms with Crippen molar-refractivity contribution in [2.75, 3.05) is 5.32 Å². The number of benzene rings is 1. The molecule has 4 atom stereocenters. The molecule has 2 aliphatic heterocycles. The van der Waals surface area contributed by atoms with Crippen LogP contribution < -0.4 is 16.0 Å². The molecule has 2 heterocycles. The lowest BCUT2D eigenvalue weighted by Crippen LogP contribution is -2.54. The van der Waals surface area contributed by atoms with Crippen molar-refractivity contribution in [3.63, 3.8) is 0 Å². The maximum atomic E-state index is 15.8. The fourth-order valence-corrected chi connectivity index (χ4v) is 6.71. The van der Waals surface area contributed by atoms with Gasteiger partial charge in [0.1, 0.15) is 17.3 Å². The van der Waals surface area contributed by atoms with Gasteiger partial charge < -0.3 is 21.1 Å². The van der Waals surface area contributed by atoms with E-state index in [4.69, 9.17) is 23.2 Å². The molecule has 1 aromatic carbocycles. The van der Waals surface area contributed by atoms with Crippen LogP contribution in [0.4, 0.5) is 10.1 Å². The number of halogens is 3. The third-order valence-electron chi connectivity index (χ3n) is 7.79. The molecule has 37 heavy (non-hydrogen) atoms. The number of allylic oxidation sites excluding steroid dienone is 4. The number of carbonyl (C=O) groups is 2. The normalized spacial score (nSPS) is 34.6. The Hall–Kier alpha value is -2.35. The first kappa shape index (κ1) is 26.3. The second-order valence-corrected chi connectivity index (χ2v) is 13.0. The minimum absolute atomic E-state index is 0.0129. The van der Waals surface area contributed by atoms with Crippen LogP contribution in [-0.2, 0) is 15.0 Å². The van der Waals surface area contributed by atoms with Gasteiger partial charge in [0.25, 0.3) is 5.91 Å². The van der Waals surface area contributed by atoms with Crippen LogP contribution in [0.2, 0.25) is 5.02 Å². The zero-order valence-corrected chi connectivity index (χ0v) is 22.8. The minimum Gasteiger partial charge on any atom is -0.390 e. The van der Waals surface area contributed by atoms with E-state index in [9.17, 15) is 14.7 Å². The van der Waals surface area contributed by atoms with Crippen molar-refractivity contribution in [2.45, 2.75) is 76.2 Å². The molecule has 6 nitrogen and oxygen atoms in total. The van der Waals surface area contributed by atoms with Gasteiger partial charge in [-0.1, -0.05) is 62.2 Å². The van der Waals surface area contributed by atoms with E-state index in [0.717, 1.165) is 0 Å². The van der Waals surface area contributed by atoms with Crippen molar-refractivity contribution in [3.8, 4) is 0 Å². The van der Waals surface area contributed by atoms with Gasteiger partial charge in [-0.05, 0) is 60.9 Å². The van der Waals surface area contributed by atoms with Crippen LogP contribution in [0, 0.1) is 11.3 Å². The highest BCUT2D eigenvalue weighted by molar-refractivity contribution is 6.31. The van der Waals surface area contributed by atoms with Gasteiger partial charge in [0, 0.05) is 28.7 Å². The smallest absolute Gasteiger partial charge is 0.267 e. The number of alkyl halides is 1. The summed E-state index contributed by atoms with van der Waals surface area (Å²) in [7, 11) is 0. The van der Waals surface area contributed by atoms with Crippen molar-refractivity contribution in [2.24, 2.45) is 11.3 Å². The standard InChI is InChI=1S/C28H32Cl2FN3O3/c1-26(2,3)13-20-28(17-9-8-14(29)10-19(17)33-25(28)36)21(16-6-5-7-18(30)22(16)31)23(34-20)24(35)32-15-11-27(4,37)12-15/h5-10,15-16,20,22,34,37H,11-13H2,1-4H3,(H,32,35)(H,33,36)/t15?,16?,20-,22?,27?,28+/m1/s1. The molecule has 2 aliphatic carbocycles. The van der Waals surface area contributed by atoms with E-state index in [2.05, 4.69) is 36.7 Å². The topological polar surface area (TPSA) is 90.5 Å². The molecule has 4 N–H and O–H groups in total. The Kier molecular flexibility index (Phi) is 6.29. The summed E-state index contributed by atoms with van der Waals surface area (Å²) in [5.41, 5.74) is -0.658. The maximum absolute atomic E-state index is 15.8. The van der Waals surface area contributed by atoms with Crippen molar-refractivity contribution in [1.82, 2.24) is 10.6 Å². The Morgan fingerprint density at radius 1 is 1.27 bits per heavy atom.